The van der Waals surface area contributed by atoms with Crippen LogP contribution in [0.5, 0.6) is 5.75 Å². The molecule has 142 valence electrons. The molecule has 1 N–H and O–H groups in total. The molecule has 0 saturated carbocycles. The smallest absolute Gasteiger partial charge is 0.255 e. The average molecular weight is 393 g/mol. The Morgan fingerprint density at radius 3 is 2.86 bits per heavy atom. The number of hydrogen-bond acceptors (Lipinski definition) is 6. The maximum absolute atomic E-state index is 12.6. The normalized spacial score (nSPS) is 10.9. The summed E-state index contributed by atoms with van der Waals surface area (Å²) in [6.45, 7) is 4.53. The van der Waals surface area contributed by atoms with E-state index in [1.54, 1.807) is 16.6 Å². The molecule has 4 rings (SSSR count). The molecule has 0 unspecified atom stereocenters. The number of fused-ring (bicyclic) bond motifs is 1. The van der Waals surface area contributed by atoms with Crippen LogP contribution in [0.1, 0.15) is 29.5 Å². The Morgan fingerprint density at radius 1 is 1.18 bits per heavy atom. The molecule has 1 amide bonds. The number of nitrogens with one attached hydrogen (secondary N) is 1. The molecule has 2 aromatic carbocycles. The van der Waals surface area contributed by atoms with E-state index < -0.39 is 0 Å². The lowest BCUT2D eigenvalue weighted by atomic mass is 10.1. The molecule has 7 nitrogen and oxygen atoms in total. The first-order chi connectivity index (χ1) is 13.6. The second-order valence-electron chi connectivity index (χ2n) is 6.26. The van der Waals surface area contributed by atoms with E-state index in [0.29, 0.717) is 23.6 Å². The number of rotatable bonds is 6. The molecule has 8 heteroatoms. The number of nitrogens with zero attached hydrogens (tertiary/aromatic N) is 4. The van der Waals surface area contributed by atoms with Crippen molar-refractivity contribution < 1.29 is 9.53 Å². The molecule has 0 spiro atoms. The molecule has 0 aliphatic heterocycles. The first-order valence-corrected chi connectivity index (χ1v) is 9.79. The molecule has 0 radical (unpaired) electrons. The standard InChI is InChI=1S/C20H19N5O2S/c1-3-10-27-17-9-5-6-14(12-17)18(26)21-16-8-4-7-15(11-16)19-24-25-13(2)22-23-20(25)28-19/h4-9,11-12H,3,10H2,1-2H3,(H,21,26). The van der Waals surface area contributed by atoms with Crippen LogP contribution in [0, 0.1) is 6.92 Å². The van der Waals surface area contributed by atoms with Crippen LogP contribution in [-0.2, 0) is 0 Å². The first kappa shape index (κ1) is 18.1. The summed E-state index contributed by atoms with van der Waals surface area (Å²) in [4.78, 5) is 13.4. The lowest BCUT2D eigenvalue weighted by molar-refractivity contribution is 0.102. The third-order valence-corrected chi connectivity index (χ3v) is 5.03. The van der Waals surface area contributed by atoms with E-state index in [1.165, 1.54) is 11.3 Å². The van der Waals surface area contributed by atoms with E-state index in [9.17, 15) is 4.79 Å². The minimum absolute atomic E-state index is 0.187. The highest BCUT2D eigenvalue weighted by atomic mass is 32.1. The number of carbonyl (C=O) groups excluding carboxylic acids is 1. The summed E-state index contributed by atoms with van der Waals surface area (Å²) in [5.74, 6) is 1.25. The van der Waals surface area contributed by atoms with Crippen LogP contribution in [0.4, 0.5) is 5.69 Å². The van der Waals surface area contributed by atoms with Crippen LogP contribution in [-0.4, -0.2) is 32.3 Å². The quantitative estimate of drug-likeness (QED) is 0.531. The summed E-state index contributed by atoms with van der Waals surface area (Å²) in [7, 11) is 0. The maximum Gasteiger partial charge on any atom is 0.255 e. The van der Waals surface area contributed by atoms with Crippen molar-refractivity contribution in [1.29, 1.82) is 0 Å². The summed E-state index contributed by atoms with van der Waals surface area (Å²) >= 11 is 1.45. The lowest BCUT2D eigenvalue weighted by Crippen LogP contribution is -2.12. The van der Waals surface area contributed by atoms with Crippen molar-refractivity contribution in [2.45, 2.75) is 20.3 Å². The summed E-state index contributed by atoms with van der Waals surface area (Å²) in [5, 5.41) is 16.4. The van der Waals surface area contributed by atoms with Gasteiger partial charge in [-0.2, -0.15) is 9.61 Å². The van der Waals surface area contributed by atoms with E-state index >= 15 is 0 Å². The molecule has 2 heterocycles. The largest absolute Gasteiger partial charge is 0.494 e. The van der Waals surface area contributed by atoms with Gasteiger partial charge in [-0.05, 0) is 43.7 Å². The second-order valence-corrected chi connectivity index (χ2v) is 7.22. The van der Waals surface area contributed by atoms with Gasteiger partial charge in [-0.15, -0.1) is 10.2 Å². The van der Waals surface area contributed by atoms with Gasteiger partial charge in [-0.1, -0.05) is 36.5 Å². The SMILES string of the molecule is CCCOc1cccc(C(=O)Nc2cccc(-c3nn4c(C)nnc4s3)c2)c1. The third-order valence-electron chi connectivity index (χ3n) is 4.08. The van der Waals surface area contributed by atoms with Crippen LogP contribution in [0.3, 0.4) is 0 Å². The van der Waals surface area contributed by atoms with Gasteiger partial charge in [0.15, 0.2) is 5.82 Å². The number of carbonyl (C=O) groups is 1. The molecule has 0 aliphatic carbocycles. The van der Waals surface area contributed by atoms with Crippen molar-refractivity contribution in [3.05, 3.63) is 59.9 Å². The molecule has 0 saturated heterocycles. The number of amides is 1. The van der Waals surface area contributed by atoms with Crippen molar-refractivity contribution in [1.82, 2.24) is 19.8 Å². The Labute approximate surface area is 166 Å². The number of ether oxygens (including phenoxy) is 1. The number of aryl methyl sites for hydroxylation is 1. The minimum atomic E-state index is -0.187. The van der Waals surface area contributed by atoms with Gasteiger partial charge < -0.3 is 10.1 Å². The van der Waals surface area contributed by atoms with Crippen LogP contribution >= 0.6 is 11.3 Å². The predicted octanol–water partition coefficient (Wildman–Crippen LogP) is 4.20. The molecule has 28 heavy (non-hydrogen) atoms. The zero-order valence-corrected chi connectivity index (χ0v) is 16.4. The monoisotopic (exact) mass is 393 g/mol. The number of anilines is 1. The van der Waals surface area contributed by atoms with E-state index in [0.717, 1.165) is 27.8 Å². The summed E-state index contributed by atoms with van der Waals surface area (Å²) in [6, 6.07) is 14.8. The van der Waals surface area contributed by atoms with Crippen LogP contribution in [0.2, 0.25) is 0 Å². The summed E-state index contributed by atoms with van der Waals surface area (Å²) in [5.41, 5.74) is 2.16. The highest BCUT2D eigenvalue weighted by Crippen LogP contribution is 2.27. The lowest BCUT2D eigenvalue weighted by Gasteiger charge is -2.09. The molecule has 0 aliphatic rings. The second kappa shape index (κ2) is 7.77. The van der Waals surface area contributed by atoms with Gasteiger partial charge in [0.1, 0.15) is 10.8 Å². The molecule has 0 bridgehead atoms. The average Bonchev–Trinajstić information content (AvgIpc) is 3.29. The van der Waals surface area contributed by atoms with Crippen molar-refractivity contribution in [2.24, 2.45) is 0 Å². The van der Waals surface area contributed by atoms with E-state index in [2.05, 4.69) is 20.6 Å². The van der Waals surface area contributed by atoms with Crippen LogP contribution in [0.25, 0.3) is 15.5 Å². The Balaban J connectivity index is 1.54. The minimum Gasteiger partial charge on any atom is -0.494 e. The van der Waals surface area contributed by atoms with E-state index in [-0.39, 0.29) is 5.91 Å². The Morgan fingerprint density at radius 2 is 2.04 bits per heavy atom. The molecular weight excluding hydrogens is 374 g/mol. The Bertz CT molecular complexity index is 1130. The summed E-state index contributed by atoms with van der Waals surface area (Å²) in [6.07, 6.45) is 0.917. The van der Waals surface area contributed by atoms with E-state index in [1.807, 2.05) is 50.2 Å². The van der Waals surface area contributed by atoms with Crippen molar-refractivity contribution in [2.75, 3.05) is 11.9 Å². The molecule has 2 aromatic heterocycles. The fraction of sp³-hybridized carbons (Fsp3) is 0.200. The molecule has 4 aromatic rings. The predicted molar refractivity (Wildman–Crippen MR) is 109 cm³/mol. The first-order valence-electron chi connectivity index (χ1n) is 8.97. The van der Waals surface area contributed by atoms with Gasteiger partial charge in [0, 0.05) is 16.8 Å². The highest BCUT2D eigenvalue weighted by Gasteiger charge is 2.12. The topological polar surface area (TPSA) is 81.4 Å². The Kier molecular flexibility index (Phi) is 5.03. The van der Waals surface area contributed by atoms with Crippen molar-refractivity contribution in [3.8, 4) is 16.3 Å². The van der Waals surface area contributed by atoms with Gasteiger partial charge in [0.2, 0.25) is 4.96 Å². The fourth-order valence-corrected chi connectivity index (χ4v) is 3.59. The van der Waals surface area contributed by atoms with Crippen LogP contribution < -0.4 is 10.1 Å². The fourth-order valence-electron chi connectivity index (χ4n) is 2.71. The number of aromatic nitrogens is 4. The maximum atomic E-state index is 12.6. The van der Waals surface area contributed by atoms with Crippen molar-refractivity contribution in [3.63, 3.8) is 0 Å². The molecule has 0 atom stereocenters. The number of benzene rings is 2. The molecule has 0 fully saturated rings. The molecular formula is C20H19N5O2S. The third kappa shape index (κ3) is 3.72. The van der Waals surface area contributed by atoms with Crippen LogP contribution in [0.15, 0.2) is 48.5 Å². The van der Waals surface area contributed by atoms with Gasteiger partial charge in [-0.3, -0.25) is 4.79 Å². The van der Waals surface area contributed by atoms with E-state index in [4.69, 9.17) is 4.74 Å². The van der Waals surface area contributed by atoms with Gasteiger partial charge in [-0.25, -0.2) is 0 Å². The number of hydrogen-bond donors (Lipinski definition) is 1. The summed E-state index contributed by atoms with van der Waals surface area (Å²) < 4.78 is 7.32. The Hall–Kier alpha value is -3.26. The van der Waals surface area contributed by atoms with Gasteiger partial charge in [0.25, 0.3) is 5.91 Å². The van der Waals surface area contributed by atoms with Gasteiger partial charge in [0.05, 0.1) is 6.61 Å². The zero-order valence-electron chi connectivity index (χ0n) is 15.5. The highest BCUT2D eigenvalue weighted by molar-refractivity contribution is 7.19. The van der Waals surface area contributed by atoms with Crippen molar-refractivity contribution >= 4 is 27.9 Å². The van der Waals surface area contributed by atoms with Gasteiger partial charge >= 0.3 is 0 Å². The zero-order chi connectivity index (χ0) is 19.5.